The Bertz CT molecular complexity index is 575. The minimum absolute atomic E-state index is 0.163. The number of carbonyl (C=O) groups is 1. The summed E-state index contributed by atoms with van der Waals surface area (Å²) in [7, 11) is -3.28. The third-order valence-electron chi connectivity index (χ3n) is 4.04. The zero-order chi connectivity index (χ0) is 14.0. The van der Waals surface area contributed by atoms with Gasteiger partial charge in [-0.3, -0.25) is 4.79 Å². The van der Waals surface area contributed by atoms with Gasteiger partial charge in [0.05, 0.1) is 0 Å². The monoisotopic (exact) mass is 280 g/mol. The van der Waals surface area contributed by atoms with Crippen LogP contribution < -0.4 is 0 Å². The highest BCUT2D eigenvalue weighted by Gasteiger charge is 2.28. The average Bonchev–Trinajstić information content (AvgIpc) is 2.37. The molecule has 0 N–H and O–H groups in total. The molecular formula is C15H20O3S. The van der Waals surface area contributed by atoms with Gasteiger partial charge in [-0.1, -0.05) is 24.3 Å². The lowest BCUT2D eigenvalue weighted by Gasteiger charge is -2.25. The Hall–Kier alpha value is -1.16. The molecule has 4 heteroatoms. The molecule has 3 nitrogen and oxygen atoms in total. The number of rotatable bonds is 4. The molecule has 0 radical (unpaired) electrons. The first-order valence-corrected chi connectivity index (χ1v) is 8.64. The summed E-state index contributed by atoms with van der Waals surface area (Å²) >= 11 is 0. The van der Waals surface area contributed by atoms with Crippen LogP contribution in [0.25, 0.3) is 0 Å². The summed E-state index contributed by atoms with van der Waals surface area (Å²) in [5.41, 5.74) is 2.53. The van der Waals surface area contributed by atoms with Crippen molar-refractivity contribution in [2.75, 3.05) is 6.26 Å². The minimum Gasteiger partial charge on any atom is -0.298 e. The average molecular weight is 280 g/mol. The first kappa shape index (κ1) is 14.3. The molecule has 1 aromatic carbocycles. The highest BCUT2D eigenvalue weighted by atomic mass is 32.2. The van der Waals surface area contributed by atoms with Crippen molar-refractivity contribution < 1.29 is 13.2 Å². The normalized spacial score (nSPS) is 20.6. The standard InChI is InChI=1S/C15H20O3S/c1-11(19(2,17)18)15(16)10-13-8-5-7-12-6-3-4-9-14(12)13/h3-4,6,9,11,13H,5,7-8,10H2,1-2H3. The summed E-state index contributed by atoms with van der Waals surface area (Å²) in [6.07, 6.45) is 4.57. The van der Waals surface area contributed by atoms with Crippen molar-refractivity contribution in [1.82, 2.24) is 0 Å². The zero-order valence-electron chi connectivity index (χ0n) is 11.4. The Morgan fingerprint density at radius 1 is 1.37 bits per heavy atom. The van der Waals surface area contributed by atoms with Gasteiger partial charge in [-0.15, -0.1) is 0 Å². The second-order valence-corrected chi connectivity index (χ2v) is 7.80. The lowest BCUT2D eigenvalue weighted by molar-refractivity contribution is -0.118. The maximum Gasteiger partial charge on any atom is 0.157 e. The van der Waals surface area contributed by atoms with Crippen LogP contribution in [0.3, 0.4) is 0 Å². The van der Waals surface area contributed by atoms with E-state index in [4.69, 9.17) is 0 Å². The molecule has 104 valence electrons. The molecule has 19 heavy (non-hydrogen) atoms. The predicted molar refractivity (Wildman–Crippen MR) is 76.1 cm³/mol. The maximum absolute atomic E-state index is 12.1. The van der Waals surface area contributed by atoms with Gasteiger partial charge in [0.15, 0.2) is 15.6 Å². The van der Waals surface area contributed by atoms with Crippen molar-refractivity contribution >= 4 is 15.6 Å². The summed E-state index contributed by atoms with van der Waals surface area (Å²) < 4.78 is 22.9. The van der Waals surface area contributed by atoms with Gasteiger partial charge in [-0.2, -0.15) is 0 Å². The van der Waals surface area contributed by atoms with Crippen LogP contribution in [0.5, 0.6) is 0 Å². The van der Waals surface area contributed by atoms with Gasteiger partial charge in [-0.25, -0.2) is 8.42 Å². The summed E-state index contributed by atoms with van der Waals surface area (Å²) in [6, 6.07) is 8.17. The molecule has 0 aliphatic heterocycles. The van der Waals surface area contributed by atoms with Gasteiger partial charge in [0, 0.05) is 12.7 Å². The van der Waals surface area contributed by atoms with E-state index in [2.05, 4.69) is 12.1 Å². The molecule has 0 saturated heterocycles. The molecule has 2 rings (SSSR count). The van der Waals surface area contributed by atoms with E-state index in [9.17, 15) is 13.2 Å². The third kappa shape index (κ3) is 3.24. The van der Waals surface area contributed by atoms with Gasteiger partial charge in [0.25, 0.3) is 0 Å². The number of Topliss-reactive ketones (excluding diaryl/α,β-unsaturated/α-hetero) is 1. The minimum atomic E-state index is -3.28. The van der Waals surface area contributed by atoms with E-state index in [1.165, 1.54) is 18.1 Å². The Morgan fingerprint density at radius 3 is 2.74 bits per heavy atom. The largest absolute Gasteiger partial charge is 0.298 e. The Labute approximate surface area is 114 Å². The topological polar surface area (TPSA) is 51.2 Å². The number of benzene rings is 1. The van der Waals surface area contributed by atoms with Crippen molar-refractivity contribution in [2.24, 2.45) is 0 Å². The van der Waals surface area contributed by atoms with Crippen LogP contribution in [0.15, 0.2) is 24.3 Å². The van der Waals surface area contributed by atoms with Gasteiger partial charge in [-0.05, 0) is 43.2 Å². The summed E-state index contributed by atoms with van der Waals surface area (Å²) in [6.45, 7) is 1.49. The molecule has 0 heterocycles. The van der Waals surface area contributed by atoms with Crippen LogP contribution >= 0.6 is 0 Å². The van der Waals surface area contributed by atoms with Crippen LogP contribution in [-0.4, -0.2) is 25.7 Å². The van der Waals surface area contributed by atoms with Gasteiger partial charge in [0.2, 0.25) is 0 Å². The van der Waals surface area contributed by atoms with Crippen molar-refractivity contribution in [1.29, 1.82) is 0 Å². The van der Waals surface area contributed by atoms with Gasteiger partial charge >= 0.3 is 0 Å². The number of hydrogen-bond acceptors (Lipinski definition) is 3. The highest BCUT2D eigenvalue weighted by molar-refractivity contribution is 7.92. The Morgan fingerprint density at radius 2 is 2.05 bits per heavy atom. The quantitative estimate of drug-likeness (QED) is 0.851. The Kier molecular flexibility index (Phi) is 4.09. The molecule has 0 aromatic heterocycles. The number of ketones is 1. The number of sulfone groups is 1. The second kappa shape index (κ2) is 5.45. The van der Waals surface area contributed by atoms with E-state index in [-0.39, 0.29) is 11.7 Å². The van der Waals surface area contributed by atoms with Gasteiger partial charge in [0.1, 0.15) is 5.25 Å². The van der Waals surface area contributed by atoms with E-state index in [0.717, 1.165) is 25.5 Å². The van der Waals surface area contributed by atoms with E-state index in [1.807, 2.05) is 12.1 Å². The van der Waals surface area contributed by atoms with Crippen molar-refractivity contribution in [3.63, 3.8) is 0 Å². The summed E-state index contributed by atoms with van der Waals surface area (Å²) in [5, 5.41) is -0.887. The molecule has 0 bridgehead atoms. The lowest BCUT2D eigenvalue weighted by atomic mass is 9.80. The molecule has 1 aliphatic rings. The number of aryl methyl sites for hydroxylation is 1. The SMILES string of the molecule is CC(C(=O)CC1CCCc2ccccc21)S(C)(=O)=O. The van der Waals surface area contributed by atoms with Crippen molar-refractivity contribution in [3.05, 3.63) is 35.4 Å². The van der Waals surface area contributed by atoms with Crippen LogP contribution in [0, 0.1) is 0 Å². The van der Waals surface area contributed by atoms with E-state index in [1.54, 1.807) is 0 Å². The molecule has 2 unspecified atom stereocenters. The molecule has 2 atom stereocenters. The molecule has 0 amide bonds. The highest BCUT2D eigenvalue weighted by Crippen LogP contribution is 2.34. The summed E-state index contributed by atoms with van der Waals surface area (Å²) in [4.78, 5) is 12.1. The van der Waals surface area contributed by atoms with E-state index < -0.39 is 15.1 Å². The van der Waals surface area contributed by atoms with Crippen molar-refractivity contribution in [2.45, 2.75) is 43.8 Å². The zero-order valence-corrected chi connectivity index (χ0v) is 12.2. The molecular weight excluding hydrogens is 260 g/mol. The fourth-order valence-corrected chi connectivity index (χ4v) is 3.29. The maximum atomic E-state index is 12.1. The smallest absolute Gasteiger partial charge is 0.157 e. The lowest BCUT2D eigenvalue weighted by Crippen LogP contribution is -2.28. The first-order valence-electron chi connectivity index (χ1n) is 6.69. The molecule has 1 aliphatic carbocycles. The van der Waals surface area contributed by atoms with Crippen molar-refractivity contribution in [3.8, 4) is 0 Å². The van der Waals surface area contributed by atoms with Crippen LogP contribution in [0.1, 0.15) is 43.2 Å². The fraction of sp³-hybridized carbons (Fsp3) is 0.533. The molecule has 1 aromatic rings. The Balaban J connectivity index is 2.15. The second-order valence-electron chi connectivity index (χ2n) is 5.43. The fourth-order valence-electron chi connectivity index (χ4n) is 2.71. The number of carbonyl (C=O) groups excluding carboxylic acids is 1. The van der Waals surface area contributed by atoms with E-state index >= 15 is 0 Å². The van der Waals surface area contributed by atoms with Crippen LogP contribution in [0.2, 0.25) is 0 Å². The van der Waals surface area contributed by atoms with Gasteiger partial charge < -0.3 is 0 Å². The third-order valence-corrected chi connectivity index (χ3v) is 5.58. The summed E-state index contributed by atoms with van der Waals surface area (Å²) in [5.74, 6) is 0.0193. The van der Waals surface area contributed by atoms with Crippen LogP contribution in [0.4, 0.5) is 0 Å². The van der Waals surface area contributed by atoms with Crippen LogP contribution in [-0.2, 0) is 21.1 Å². The number of hydrogen-bond donors (Lipinski definition) is 0. The number of fused-ring (bicyclic) bond motifs is 1. The predicted octanol–water partition coefficient (Wildman–Crippen LogP) is 2.50. The van der Waals surface area contributed by atoms with E-state index in [0.29, 0.717) is 6.42 Å². The molecule has 0 saturated carbocycles. The first-order chi connectivity index (χ1) is 8.89. The molecule has 0 fully saturated rings. The molecule has 0 spiro atoms.